The molecule has 0 spiro atoms. The van der Waals surface area contributed by atoms with Gasteiger partial charge in [-0.2, -0.15) is 0 Å². The number of hydrogen-bond acceptors (Lipinski definition) is 3. The van der Waals surface area contributed by atoms with Crippen LogP contribution in [0.1, 0.15) is 18.9 Å². The first-order valence-corrected chi connectivity index (χ1v) is 8.99. The highest BCUT2D eigenvalue weighted by atomic mass is 35.5. The van der Waals surface area contributed by atoms with Crippen molar-refractivity contribution >= 4 is 34.8 Å². The Bertz CT molecular complexity index is 747. The van der Waals surface area contributed by atoms with E-state index in [0.29, 0.717) is 17.3 Å². The molecule has 2 rings (SSSR count). The van der Waals surface area contributed by atoms with Gasteiger partial charge < -0.3 is 10.6 Å². The second-order valence-corrected chi connectivity index (χ2v) is 6.57. The molecule has 2 aromatic rings. The number of carbonyl (C=O) groups excluding carboxylic acids is 2. The number of rotatable bonds is 8. The van der Waals surface area contributed by atoms with Crippen LogP contribution in [0.25, 0.3) is 0 Å². The molecule has 0 atom stereocenters. The highest BCUT2D eigenvalue weighted by molar-refractivity contribution is 6.30. The van der Waals surface area contributed by atoms with E-state index in [2.05, 4.69) is 10.6 Å². The lowest BCUT2D eigenvalue weighted by atomic mass is 10.2. The number of carbonyl (C=O) groups is 2. The molecule has 2 N–H and O–H groups in total. The monoisotopic (exact) mass is 373 g/mol. The summed E-state index contributed by atoms with van der Waals surface area (Å²) in [6.07, 6.45) is 0.853. The van der Waals surface area contributed by atoms with Crippen LogP contribution in [-0.4, -0.2) is 36.3 Å². The number of benzene rings is 2. The van der Waals surface area contributed by atoms with Crippen LogP contribution in [0.4, 0.5) is 11.4 Å². The second-order valence-electron chi connectivity index (χ2n) is 6.13. The number of hydrogen-bond donors (Lipinski definition) is 2. The van der Waals surface area contributed by atoms with E-state index in [0.717, 1.165) is 17.7 Å². The quantitative estimate of drug-likeness (QED) is 0.736. The summed E-state index contributed by atoms with van der Waals surface area (Å²) in [5.74, 6) is -0.295. The zero-order valence-electron chi connectivity index (χ0n) is 15.1. The molecule has 0 fully saturated rings. The van der Waals surface area contributed by atoms with Crippen LogP contribution in [0.2, 0.25) is 5.02 Å². The molecular weight excluding hydrogens is 350 g/mol. The van der Waals surface area contributed by atoms with Crippen molar-refractivity contribution in [2.75, 3.05) is 30.3 Å². The molecule has 0 bridgehead atoms. The van der Waals surface area contributed by atoms with Gasteiger partial charge >= 0.3 is 0 Å². The summed E-state index contributed by atoms with van der Waals surface area (Å²) in [5.41, 5.74) is 2.48. The normalized spacial score (nSPS) is 10.6. The van der Waals surface area contributed by atoms with Gasteiger partial charge in [-0.3, -0.25) is 14.5 Å². The molecule has 2 aromatic carbocycles. The van der Waals surface area contributed by atoms with Gasteiger partial charge in [0.25, 0.3) is 0 Å². The van der Waals surface area contributed by atoms with Gasteiger partial charge in [-0.15, -0.1) is 0 Å². The van der Waals surface area contributed by atoms with Crippen molar-refractivity contribution < 1.29 is 9.59 Å². The molecule has 0 aliphatic heterocycles. The first kappa shape index (κ1) is 19.9. The number of para-hydroxylation sites is 1. The molecule has 0 saturated carbocycles. The minimum absolute atomic E-state index is 0.132. The van der Waals surface area contributed by atoms with E-state index in [-0.39, 0.29) is 24.9 Å². The fraction of sp³-hybridized carbons (Fsp3) is 0.300. The van der Waals surface area contributed by atoms with E-state index in [4.69, 9.17) is 11.6 Å². The maximum absolute atomic E-state index is 12.3. The molecule has 0 heterocycles. The number of aryl methyl sites for hydroxylation is 1. The fourth-order valence-corrected chi connectivity index (χ4v) is 2.70. The Morgan fingerprint density at radius 2 is 1.58 bits per heavy atom. The van der Waals surface area contributed by atoms with Gasteiger partial charge in [0.05, 0.1) is 13.1 Å². The predicted molar refractivity (Wildman–Crippen MR) is 107 cm³/mol. The smallest absolute Gasteiger partial charge is 0.238 e. The van der Waals surface area contributed by atoms with E-state index in [1.807, 2.05) is 43.0 Å². The zero-order chi connectivity index (χ0) is 18.9. The van der Waals surface area contributed by atoms with Gasteiger partial charge in [0, 0.05) is 16.4 Å². The lowest BCUT2D eigenvalue weighted by Gasteiger charge is -2.21. The molecule has 0 radical (unpaired) electrons. The van der Waals surface area contributed by atoms with E-state index < -0.39 is 0 Å². The third-order valence-corrected chi connectivity index (χ3v) is 4.07. The number of halogens is 1. The molecule has 0 unspecified atom stereocenters. The van der Waals surface area contributed by atoms with E-state index in [9.17, 15) is 9.59 Å². The third kappa shape index (κ3) is 6.50. The summed E-state index contributed by atoms with van der Waals surface area (Å²) in [4.78, 5) is 26.4. The van der Waals surface area contributed by atoms with Crippen molar-refractivity contribution in [3.8, 4) is 0 Å². The first-order chi connectivity index (χ1) is 12.5. The lowest BCUT2D eigenvalue weighted by molar-refractivity contribution is -0.120. The summed E-state index contributed by atoms with van der Waals surface area (Å²) in [7, 11) is 0. The van der Waals surface area contributed by atoms with Crippen molar-refractivity contribution in [2.45, 2.75) is 20.3 Å². The van der Waals surface area contributed by atoms with E-state index in [1.54, 1.807) is 24.3 Å². The summed E-state index contributed by atoms with van der Waals surface area (Å²) in [5, 5.41) is 6.33. The molecule has 2 amide bonds. The van der Waals surface area contributed by atoms with Crippen LogP contribution in [0, 0.1) is 6.92 Å². The molecule has 5 nitrogen and oxygen atoms in total. The Balaban J connectivity index is 1.90. The molecule has 138 valence electrons. The maximum atomic E-state index is 12.3. The van der Waals surface area contributed by atoms with Crippen molar-refractivity contribution in [3.63, 3.8) is 0 Å². The SMILES string of the molecule is CCCN(CC(=O)Nc1ccc(Cl)cc1)CC(=O)Nc1ccccc1C. The van der Waals surface area contributed by atoms with Crippen LogP contribution < -0.4 is 10.6 Å². The number of anilines is 2. The van der Waals surface area contributed by atoms with Crippen molar-refractivity contribution in [1.29, 1.82) is 0 Å². The Kier molecular flexibility index (Phi) is 7.63. The Morgan fingerprint density at radius 1 is 0.962 bits per heavy atom. The minimum Gasteiger partial charge on any atom is -0.325 e. The third-order valence-electron chi connectivity index (χ3n) is 3.82. The van der Waals surface area contributed by atoms with Gasteiger partial charge in [-0.1, -0.05) is 36.7 Å². The molecule has 0 aliphatic carbocycles. The maximum Gasteiger partial charge on any atom is 0.238 e. The number of nitrogens with one attached hydrogen (secondary N) is 2. The lowest BCUT2D eigenvalue weighted by Crippen LogP contribution is -2.39. The molecule has 26 heavy (non-hydrogen) atoms. The van der Waals surface area contributed by atoms with Crippen LogP contribution in [0.5, 0.6) is 0 Å². The average molecular weight is 374 g/mol. The number of amides is 2. The van der Waals surface area contributed by atoms with Crippen LogP contribution in [0.15, 0.2) is 48.5 Å². The molecule has 0 aromatic heterocycles. The standard InChI is InChI=1S/C20H24ClN3O2/c1-3-12-24(13-19(25)22-17-10-8-16(21)9-11-17)14-20(26)23-18-7-5-4-6-15(18)2/h4-11H,3,12-14H2,1-2H3,(H,22,25)(H,23,26). The van der Waals surface area contributed by atoms with Crippen molar-refractivity contribution in [2.24, 2.45) is 0 Å². The first-order valence-electron chi connectivity index (χ1n) is 8.61. The largest absolute Gasteiger partial charge is 0.325 e. The van der Waals surface area contributed by atoms with Gasteiger partial charge in [-0.05, 0) is 55.8 Å². The van der Waals surface area contributed by atoms with Crippen molar-refractivity contribution in [1.82, 2.24) is 4.90 Å². The zero-order valence-corrected chi connectivity index (χ0v) is 15.8. The van der Waals surface area contributed by atoms with Gasteiger partial charge in [-0.25, -0.2) is 0 Å². The summed E-state index contributed by atoms with van der Waals surface area (Å²) in [6.45, 7) is 4.94. The van der Waals surface area contributed by atoms with Crippen LogP contribution in [0.3, 0.4) is 0 Å². The Labute approximate surface area is 159 Å². The topological polar surface area (TPSA) is 61.4 Å². The average Bonchev–Trinajstić information content (AvgIpc) is 2.59. The highest BCUT2D eigenvalue weighted by Gasteiger charge is 2.15. The van der Waals surface area contributed by atoms with Crippen molar-refractivity contribution in [3.05, 3.63) is 59.1 Å². The van der Waals surface area contributed by atoms with Gasteiger partial charge in [0.1, 0.15) is 0 Å². The minimum atomic E-state index is -0.163. The summed E-state index contributed by atoms with van der Waals surface area (Å²) < 4.78 is 0. The van der Waals surface area contributed by atoms with Gasteiger partial charge in [0.15, 0.2) is 0 Å². The molecular formula is C20H24ClN3O2. The highest BCUT2D eigenvalue weighted by Crippen LogP contribution is 2.14. The Hall–Kier alpha value is -2.37. The van der Waals surface area contributed by atoms with E-state index in [1.165, 1.54) is 0 Å². The van der Waals surface area contributed by atoms with Crippen LogP contribution in [-0.2, 0) is 9.59 Å². The van der Waals surface area contributed by atoms with E-state index >= 15 is 0 Å². The fourth-order valence-electron chi connectivity index (χ4n) is 2.57. The van der Waals surface area contributed by atoms with Gasteiger partial charge in [0.2, 0.25) is 11.8 Å². The predicted octanol–water partition coefficient (Wildman–Crippen LogP) is 3.94. The second kappa shape index (κ2) is 9.94. The molecule has 0 saturated heterocycles. The summed E-state index contributed by atoms with van der Waals surface area (Å²) in [6, 6.07) is 14.5. The Morgan fingerprint density at radius 3 is 2.19 bits per heavy atom. The molecule has 6 heteroatoms. The number of nitrogens with zero attached hydrogens (tertiary/aromatic N) is 1. The van der Waals surface area contributed by atoms with Crippen LogP contribution >= 0.6 is 11.6 Å². The molecule has 0 aliphatic rings. The summed E-state index contributed by atoms with van der Waals surface area (Å²) >= 11 is 5.84.